The molecule has 0 amide bonds. The minimum atomic E-state index is -0.337. The maximum atomic E-state index is 11.0. The molecule has 0 aliphatic heterocycles. The average Bonchev–Trinajstić information content (AvgIpc) is 2.31. The minimum Gasteiger partial charge on any atom is -0.426 e. The number of oxime groups is 1. The van der Waals surface area contributed by atoms with Crippen LogP contribution in [0.1, 0.15) is 31.9 Å². The van der Waals surface area contributed by atoms with E-state index in [1.807, 2.05) is 38.1 Å². The number of hydrogen-bond donors (Lipinski definition) is 0. The maximum Gasteiger partial charge on any atom is 0.308 e. The molecule has 0 saturated carbocycles. The molecule has 0 aliphatic rings. The Morgan fingerprint density at radius 1 is 1.33 bits per heavy atom. The summed E-state index contributed by atoms with van der Waals surface area (Å²) in [6.07, 6.45) is 3.76. The van der Waals surface area contributed by atoms with Crippen molar-refractivity contribution in [1.82, 2.24) is 0 Å². The van der Waals surface area contributed by atoms with Crippen molar-refractivity contribution in [3.63, 3.8) is 0 Å². The molecule has 0 aromatic heterocycles. The number of allylic oxidation sites excluding steroid dienone is 1. The molecule has 1 aromatic carbocycles. The average molecular weight is 247 g/mol. The summed E-state index contributed by atoms with van der Waals surface area (Å²) in [5.74, 6) is 0.199. The summed E-state index contributed by atoms with van der Waals surface area (Å²) < 4.78 is 5.13. The molecule has 0 saturated heterocycles. The number of carbonyl (C=O) groups is 1. The van der Waals surface area contributed by atoms with Gasteiger partial charge in [0.2, 0.25) is 0 Å². The molecule has 1 rings (SSSR count). The second kappa shape index (κ2) is 6.59. The van der Waals surface area contributed by atoms with E-state index in [4.69, 9.17) is 9.57 Å². The number of carbonyl (C=O) groups excluding carboxylic acids is 1. The Morgan fingerprint density at radius 2 is 2.06 bits per heavy atom. The van der Waals surface area contributed by atoms with Crippen molar-refractivity contribution in [1.29, 1.82) is 0 Å². The molecule has 96 valence electrons. The maximum absolute atomic E-state index is 11.0. The van der Waals surface area contributed by atoms with Crippen LogP contribution >= 0.6 is 0 Å². The Balaban J connectivity index is 3.18. The first kappa shape index (κ1) is 14.0. The standard InChI is InChI=1S/C14H17NO3/c1-5-6-13-9-12(10(2)15-17-4)7-8-14(13)18-11(3)16/h5-9H,1-4H3/b6-5+,15-10+. The zero-order valence-corrected chi connectivity index (χ0v) is 11.1. The lowest BCUT2D eigenvalue weighted by atomic mass is 10.1. The fourth-order valence-electron chi connectivity index (χ4n) is 1.52. The van der Waals surface area contributed by atoms with Crippen LogP contribution in [0.4, 0.5) is 0 Å². The molecule has 0 spiro atoms. The molecule has 0 fully saturated rings. The van der Waals surface area contributed by atoms with Gasteiger partial charge in [0.1, 0.15) is 12.9 Å². The second-order valence-corrected chi connectivity index (χ2v) is 3.71. The molecule has 18 heavy (non-hydrogen) atoms. The Labute approximate surface area is 107 Å². The number of benzene rings is 1. The highest BCUT2D eigenvalue weighted by Gasteiger charge is 2.07. The largest absolute Gasteiger partial charge is 0.426 e. The first-order valence-electron chi connectivity index (χ1n) is 5.61. The van der Waals surface area contributed by atoms with Crippen LogP contribution in [-0.4, -0.2) is 18.8 Å². The highest BCUT2D eigenvalue weighted by Crippen LogP contribution is 2.22. The molecule has 4 heteroatoms. The van der Waals surface area contributed by atoms with E-state index in [-0.39, 0.29) is 5.97 Å². The van der Waals surface area contributed by atoms with Gasteiger partial charge in [-0.25, -0.2) is 0 Å². The molecule has 0 unspecified atom stereocenters. The Hall–Kier alpha value is -2.10. The topological polar surface area (TPSA) is 47.9 Å². The van der Waals surface area contributed by atoms with Gasteiger partial charge in [-0.3, -0.25) is 4.79 Å². The van der Waals surface area contributed by atoms with Gasteiger partial charge in [-0.2, -0.15) is 0 Å². The highest BCUT2D eigenvalue weighted by atomic mass is 16.6. The van der Waals surface area contributed by atoms with E-state index in [1.165, 1.54) is 14.0 Å². The van der Waals surface area contributed by atoms with Crippen molar-refractivity contribution in [2.75, 3.05) is 7.11 Å². The normalized spacial score (nSPS) is 11.7. The van der Waals surface area contributed by atoms with Crippen molar-refractivity contribution in [3.05, 3.63) is 35.4 Å². The lowest BCUT2D eigenvalue weighted by Crippen LogP contribution is -2.04. The highest BCUT2D eigenvalue weighted by molar-refractivity contribution is 5.99. The molecule has 0 radical (unpaired) electrons. The summed E-state index contributed by atoms with van der Waals surface area (Å²) in [7, 11) is 1.50. The van der Waals surface area contributed by atoms with Gasteiger partial charge >= 0.3 is 5.97 Å². The number of ether oxygens (including phenoxy) is 1. The summed E-state index contributed by atoms with van der Waals surface area (Å²) >= 11 is 0. The quantitative estimate of drug-likeness (QED) is 0.355. The van der Waals surface area contributed by atoms with Gasteiger partial charge in [-0.15, -0.1) is 0 Å². The predicted molar refractivity (Wildman–Crippen MR) is 71.7 cm³/mol. The SMILES string of the molecule is C/C=C/c1cc(/C(C)=N/OC)ccc1OC(C)=O. The molecule has 0 bridgehead atoms. The van der Waals surface area contributed by atoms with Crippen LogP contribution in [0.15, 0.2) is 29.4 Å². The van der Waals surface area contributed by atoms with Crippen LogP contribution in [0, 0.1) is 0 Å². The van der Waals surface area contributed by atoms with Gasteiger partial charge in [0.15, 0.2) is 0 Å². The van der Waals surface area contributed by atoms with Gasteiger partial charge in [0, 0.05) is 12.5 Å². The fourth-order valence-corrected chi connectivity index (χ4v) is 1.52. The summed E-state index contributed by atoms with van der Waals surface area (Å²) in [6.45, 7) is 5.13. The van der Waals surface area contributed by atoms with Crippen molar-refractivity contribution in [2.24, 2.45) is 5.16 Å². The molecule has 0 N–H and O–H groups in total. The zero-order valence-electron chi connectivity index (χ0n) is 11.1. The smallest absolute Gasteiger partial charge is 0.308 e. The Morgan fingerprint density at radius 3 is 2.61 bits per heavy atom. The monoisotopic (exact) mass is 247 g/mol. The number of hydrogen-bond acceptors (Lipinski definition) is 4. The number of esters is 1. The van der Waals surface area contributed by atoms with Crippen molar-refractivity contribution < 1.29 is 14.4 Å². The predicted octanol–water partition coefficient (Wildman–Crippen LogP) is 3.02. The summed E-state index contributed by atoms with van der Waals surface area (Å²) in [5, 5.41) is 3.87. The second-order valence-electron chi connectivity index (χ2n) is 3.71. The lowest BCUT2D eigenvalue weighted by molar-refractivity contribution is -0.131. The zero-order chi connectivity index (χ0) is 13.5. The van der Waals surface area contributed by atoms with E-state index in [2.05, 4.69) is 5.16 Å². The fraction of sp³-hybridized carbons (Fsp3) is 0.286. The minimum absolute atomic E-state index is 0.337. The van der Waals surface area contributed by atoms with E-state index >= 15 is 0 Å². The van der Waals surface area contributed by atoms with Crippen LogP contribution in [0.5, 0.6) is 5.75 Å². The van der Waals surface area contributed by atoms with Gasteiger partial charge in [-0.05, 0) is 37.6 Å². The Kier molecular flexibility index (Phi) is 5.11. The van der Waals surface area contributed by atoms with Crippen molar-refractivity contribution >= 4 is 17.8 Å². The van der Waals surface area contributed by atoms with Gasteiger partial charge < -0.3 is 9.57 Å². The third-order valence-corrected chi connectivity index (χ3v) is 2.26. The lowest BCUT2D eigenvalue weighted by Gasteiger charge is -2.08. The number of nitrogens with zero attached hydrogens (tertiary/aromatic N) is 1. The molecule has 0 aliphatic carbocycles. The van der Waals surface area contributed by atoms with Crippen molar-refractivity contribution in [2.45, 2.75) is 20.8 Å². The van der Waals surface area contributed by atoms with Gasteiger partial charge in [0.05, 0.1) is 5.71 Å². The molecule has 0 atom stereocenters. The van der Waals surface area contributed by atoms with E-state index in [0.717, 1.165) is 16.8 Å². The molecule has 0 heterocycles. The Bertz CT molecular complexity index is 490. The van der Waals surface area contributed by atoms with Gasteiger partial charge in [0.25, 0.3) is 0 Å². The number of rotatable bonds is 4. The van der Waals surface area contributed by atoms with E-state index < -0.39 is 0 Å². The van der Waals surface area contributed by atoms with Crippen LogP contribution in [0.2, 0.25) is 0 Å². The molecular formula is C14H17NO3. The van der Waals surface area contributed by atoms with Crippen molar-refractivity contribution in [3.8, 4) is 5.75 Å². The van der Waals surface area contributed by atoms with E-state index in [1.54, 1.807) is 6.07 Å². The van der Waals surface area contributed by atoms with Crippen LogP contribution in [0.3, 0.4) is 0 Å². The molecular weight excluding hydrogens is 230 g/mol. The van der Waals surface area contributed by atoms with E-state index in [0.29, 0.717) is 5.75 Å². The summed E-state index contributed by atoms with van der Waals surface area (Å²) in [6, 6.07) is 5.49. The van der Waals surface area contributed by atoms with Gasteiger partial charge in [-0.1, -0.05) is 17.3 Å². The van der Waals surface area contributed by atoms with Crippen LogP contribution in [-0.2, 0) is 9.63 Å². The molecule has 1 aromatic rings. The first-order chi connectivity index (χ1) is 8.58. The van der Waals surface area contributed by atoms with Crippen LogP contribution in [0.25, 0.3) is 6.08 Å². The first-order valence-corrected chi connectivity index (χ1v) is 5.61. The third-order valence-electron chi connectivity index (χ3n) is 2.26. The third kappa shape index (κ3) is 3.73. The summed E-state index contributed by atoms with van der Waals surface area (Å²) in [4.78, 5) is 15.7. The van der Waals surface area contributed by atoms with Crippen LogP contribution < -0.4 is 4.74 Å². The van der Waals surface area contributed by atoms with E-state index in [9.17, 15) is 4.79 Å². The molecule has 4 nitrogen and oxygen atoms in total. The summed E-state index contributed by atoms with van der Waals surface area (Å²) in [5.41, 5.74) is 2.51.